The molecule has 0 saturated heterocycles. The molecule has 4 nitrogen and oxygen atoms in total. The first-order valence-electron chi connectivity index (χ1n) is 3.55. The number of rotatable bonds is 2. The molecule has 0 spiro atoms. The van der Waals surface area contributed by atoms with Crippen LogP contribution in [-0.4, -0.2) is 22.6 Å². The van der Waals surface area contributed by atoms with Crippen LogP contribution >= 0.6 is 0 Å². The van der Waals surface area contributed by atoms with Crippen molar-refractivity contribution in [2.75, 3.05) is 7.11 Å². The van der Waals surface area contributed by atoms with Gasteiger partial charge in [0.2, 0.25) is 0 Å². The number of hydrogen-bond donors (Lipinski definition) is 0. The van der Waals surface area contributed by atoms with Gasteiger partial charge in [0.25, 0.3) is 0 Å². The first kappa shape index (κ1) is 11.2. The summed E-state index contributed by atoms with van der Waals surface area (Å²) in [5.74, 6) is -0.394. The number of esters is 1. The van der Waals surface area contributed by atoms with Crippen molar-refractivity contribution < 1.29 is 9.53 Å². The van der Waals surface area contributed by atoms with Gasteiger partial charge in [0.15, 0.2) is 0 Å². The lowest BCUT2D eigenvalue weighted by Gasteiger charge is -1.83. The van der Waals surface area contributed by atoms with Gasteiger partial charge in [-0.1, -0.05) is 13.2 Å². The molecule has 0 saturated carbocycles. The molecular weight excluding hydrogens is 168 g/mol. The van der Waals surface area contributed by atoms with Gasteiger partial charge in [0.05, 0.1) is 13.4 Å². The standard InChI is InChI=1S/C5H6N2.C4H6O2/c1-2-7-4-3-6-5-7;1-3-4(5)6-2/h2-5H,1H2;3H,1H2,2H3. The molecule has 0 aliphatic carbocycles. The van der Waals surface area contributed by atoms with Gasteiger partial charge in [0, 0.05) is 24.7 Å². The molecule has 0 N–H and O–H groups in total. The van der Waals surface area contributed by atoms with Gasteiger partial charge in [0.1, 0.15) is 0 Å². The molecular formula is C9H12N2O2. The fraction of sp³-hybridized carbons (Fsp3) is 0.111. The van der Waals surface area contributed by atoms with Crippen molar-refractivity contribution in [3.63, 3.8) is 0 Å². The third-order valence-electron chi connectivity index (χ3n) is 1.10. The summed E-state index contributed by atoms with van der Waals surface area (Å²) in [4.78, 5) is 13.6. The second-order valence-electron chi connectivity index (χ2n) is 1.92. The van der Waals surface area contributed by atoms with E-state index in [1.165, 1.54) is 7.11 Å². The Morgan fingerprint density at radius 1 is 1.62 bits per heavy atom. The molecule has 13 heavy (non-hydrogen) atoms. The molecule has 0 radical (unpaired) electrons. The molecule has 4 heteroatoms. The number of aromatic nitrogens is 2. The smallest absolute Gasteiger partial charge is 0.329 e. The van der Waals surface area contributed by atoms with Gasteiger partial charge in [-0.15, -0.1) is 0 Å². The summed E-state index contributed by atoms with van der Waals surface area (Å²) in [7, 11) is 1.31. The second-order valence-corrected chi connectivity index (χ2v) is 1.92. The topological polar surface area (TPSA) is 44.1 Å². The molecule has 0 aromatic carbocycles. The molecule has 0 aliphatic rings. The van der Waals surface area contributed by atoms with E-state index in [1.807, 2.05) is 6.20 Å². The van der Waals surface area contributed by atoms with Crippen molar-refractivity contribution in [2.24, 2.45) is 0 Å². The summed E-state index contributed by atoms with van der Waals surface area (Å²) in [6.45, 7) is 6.68. The Morgan fingerprint density at radius 2 is 2.31 bits per heavy atom. The van der Waals surface area contributed by atoms with E-state index in [0.717, 1.165) is 6.08 Å². The summed E-state index contributed by atoms with van der Waals surface area (Å²) in [5, 5.41) is 0. The number of hydrogen-bond acceptors (Lipinski definition) is 3. The number of methoxy groups -OCH3 is 1. The minimum absolute atomic E-state index is 0.394. The fourth-order valence-electron chi connectivity index (χ4n) is 0.461. The highest BCUT2D eigenvalue weighted by Crippen LogP contribution is 1.81. The highest BCUT2D eigenvalue weighted by molar-refractivity contribution is 5.80. The average Bonchev–Trinajstić information content (AvgIpc) is 2.70. The lowest BCUT2D eigenvalue weighted by Crippen LogP contribution is -1.91. The van der Waals surface area contributed by atoms with Crippen LogP contribution in [0.3, 0.4) is 0 Å². The van der Waals surface area contributed by atoms with Crippen molar-refractivity contribution in [3.05, 3.63) is 38.0 Å². The first-order chi connectivity index (χ1) is 6.24. The molecule has 0 unspecified atom stereocenters. The highest BCUT2D eigenvalue weighted by atomic mass is 16.5. The van der Waals surface area contributed by atoms with E-state index < -0.39 is 5.97 Å². The Balaban J connectivity index is 0.000000226. The van der Waals surface area contributed by atoms with Crippen LogP contribution < -0.4 is 0 Å². The quantitative estimate of drug-likeness (QED) is 0.509. The van der Waals surface area contributed by atoms with Gasteiger partial charge in [-0.05, 0) is 0 Å². The largest absolute Gasteiger partial charge is 0.466 e. The zero-order chi connectivity index (χ0) is 10.1. The first-order valence-corrected chi connectivity index (χ1v) is 3.55. The molecule has 0 bridgehead atoms. The maximum atomic E-state index is 9.84. The van der Waals surface area contributed by atoms with Gasteiger partial charge < -0.3 is 9.30 Å². The number of carbonyl (C=O) groups excluding carboxylic acids is 1. The predicted molar refractivity (Wildman–Crippen MR) is 50.8 cm³/mol. The SMILES string of the molecule is C=CC(=O)OC.C=Cn1ccnc1. The van der Waals surface area contributed by atoms with E-state index in [4.69, 9.17) is 0 Å². The van der Waals surface area contributed by atoms with Crippen LogP contribution in [0, 0.1) is 0 Å². The van der Waals surface area contributed by atoms with Crippen LogP contribution in [-0.2, 0) is 9.53 Å². The zero-order valence-electron chi connectivity index (χ0n) is 7.51. The Morgan fingerprint density at radius 3 is 2.46 bits per heavy atom. The van der Waals surface area contributed by atoms with E-state index >= 15 is 0 Å². The molecule has 1 aromatic heterocycles. The van der Waals surface area contributed by atoms with Crippen molar-refractivity contribution in [3.8, 4) is 0 Å². The lowest BCUT2D eigenvalue weighted by molar-refractivity contribution is -0.134. The zero-order valence-corrected chi connectivity index (χ0v) is 7.51. The molecule has 0 aliphatic heterocycles. The maximum Gasteiger partial charge on any atom is 0.329 e. The van der Waals surface area contributed by atoms with Gasteiger partial charge in [-0.25, -0.2) is 9.78 Å². The van der Waals surface area contributed by atoms with Crippen molar-refractivity contribution in [1.82, 2.24) is 9.55 Å². The molecule has 0 atom stereocenters. The van der Waals surface area contributed by atoms with Crippen LogP contribution in [0.2, 0.25) is 0 Å². The molecule has 1 rings (SSSR count). The van der Waals surface area contributed by atoms with E-state index in [1.54, 1.807) is 23.3 Å². The summed E-state index contributed by atoms with van der Waals surface area (Å²) >= 11 is 0. The second kappa shape index (κ2) is 6.84. The summed E-state index contributed by atoms with van der Waals surface area (Å²) in [6, 6.07) is 0. The number of carbonyl (C=O) groups is 1. The Kier molecular flexibility index (Phi) is 5.88. The van der Waals surface area contributed by atoms with E-state index in [2.05, 4.69) is 22.9 Å². The van der Waals surface area contributed by atoms with E-state index in [0.29, 0.717) is 0 Å². The number of ether oxygens (including phenoxy) is 1. The Labute approximate surface area is 77.2 Å². The van der Waals surface area contributed by atoms with Crippen molar-refractivity contribution in [2.45, 2.75) is 0 Å². The maximum absolute atomic E-state index is 9.84. The summed E-state index contributed by atoms with van der Waals surface area (Å²) in [6.07, 6.45) is 8.02. The lowest BCUT2D eigenvalue weighted by atomic mass is 10.7. The van der Waals surface area contributed by atoms with Crippen LogP contribution in [0.15, 0.2) is 38.0 Å². The van der Waals surface area contributed by atoms with Crippen molar-refractivity contribution >= 4 is 12.2 Å². The summed E-state index contributed by atoms with van der Waals surface area (Å²) < 4.78 is 5.92. The van der Waals surface area contributed by atoms with Crippen LogP contribution in [0.1, 0.15) is 0 Å². The molecule has 0 amide bonds. The van der Waals surface area contributed by atoms with Crippen LogP contribution in [0.5, 0.6) is 0 Å². The van der Waals surface area contributed by atoms with E-state index in [-0.39, 0.29) is 0 Å². The molecule has 70 valence electrons. The molecule has 0 fully saturated rings. The summed E-state index contributed by atoms with van der Waals surface area (Å²) in [5.41, 5.74) is 0. The monoisotopic (exact) mass is 180 g/mol. The normalized spacial score (nSPS) is 7.77. The van der Waals surface area contributed by atoms with E-state index in [9.17, 15) is 4.79 Å². The Bertz CT molecular complexity index is 265. The van der Waals surface area contributed by atoms with Gasteiger partial charge >= 0.3 is 5.97 Å². The third-order valence-corrected chi connectivity index (χ3v) is 1.10. The van der Waals surface area contributed by atoms with Gasteiger partial charge in [-0.3, -0.25) is 0 Å². The fourth-order valence-corrected chi connectivity index (χ4v) is 0.461. The predicted octanol–water partition coefficient (Wildman–Crippen LogP) is 1.33. The van der Waals surface area contributed by atoms with Crippen LogP contribution in [0.25, 0.3) is 6.20 Å². The molecule has 1 heterocycles. The average molecular weight is 180 g/mol. The van der Waals surface area contributed by atoms with Crippen molar-refractivity contribution in [1.29, 1.82) is 0 Å². The minimum atomic E-state index is -0.394. The third kappa shape index (κ3) is 5.43. The van der Waals surface area contributed by atoms with Crippen LogP contribution in [0.4, 0.5) is 0 Å². The number of imidazole rings is 1. The van der Waals surface area contributed by atoms with Gasteiger partial charge in [-0.2, -0.15) is 0 Å². The highest BCUT2D eigenvalue weighted by Gasteiger charge is 1.81. The minimum Gasteiger partial charge on any atom is -0.466 e. The molecule has 1 aromatic rings. The Hall–Kier alpha value is -1.84. The number of nitrogens with zero attached hydrogens (tertiary/aromatic N) is 2.